The molecule has 0 aromatic heterocycles. The van der Waals surface area contributed by atoms with Gasteiger partial charge < -0.3 is 20.5 Å². The van der Waals surface area contributed by atoms with E-state index in [4.69, 9.17) is 4.74 Å². The van der Waals surface area contributed by atoms with Gasteiger partial charge in [-0.2, -0.15) is 0 Å². The normalized spacial score (nSPS) is 12.2. The van der Waals surface area contributed by atoms with E-state index in [2.05, 4.69) is 10.6 Å². The van der Waals surface area contributed by atoms with E-state index in [9.17, 15) is 23.9 Å². The molecule has 0 aliphatic carbocycles. The summed E-state index contributed by atoms with van der Waals surface area (Å²) in [6.07, 6.45) is -1.03. The van der Waals surface area contributed by atoms with Crippen LogP contribution in [-0.4, -0.2) is 41.8 Å². The largest absolute Gasteiger partial charge is 0.480 e. The molecule has 7 nitrogen and oxygen atoms in total. The van der Waals surface area contributed by atoms with Crippen molar-refractivity contribution in [3.8, 4) is 0 Å². The summed E-state index contributed by atoms with van der Waals surface area (Å²) in [5, 5.41) is 13.7. The number of ether oxygens (including phenoxy) is 1. The molecule has 0 saturated heterocycles. The lowest BCUT2D eigenvalue weighted by Gasteiger charge is -2.22. The highest BCUT2D eigenvalue weighted by molar-refractivity contribution is 5.94. The van der Waals surface area contributed by atoms with Crippen molar-refractivity contribution in [1.82, 2.24) is 10.6 Å². The fraction of sp³-hybridized carbons (Fsp3) is 0.438. The van der Waals surface area contributed by atoms with Gasteiger partial charge in [-0.3, -0.25) is 4.79 Å². The summed E-state index contributed by atoms with van der Waals surface area (Å²) < 4.78 is 18.9. The first-order chi connectivity index (χ1) is 11.0. The van der Waals surface area contributed by atoms with Crippen molar-refractivity contribution in [1.29, 1.82) is 0 Å². The number of benzene rings is 1. The third kappa shape index (κ3) is 5.86. The molecular formula is C16H21FN2O5. The molecule has 24 heavy (non-hydrogen) atoms. The molecule has 0 aliphatic heterocycles. The fourth-order valence-corrected chi connectivity index (χ4v) is 1.89. The molecule has 0 spiro atoms. The minimum Gasteiger partial charge on any atom is -0.480 e. The van der Waals surface area contributed by atoms with Gasteiger partial charge in [0.15, 0.2) is 0 Å². The average molecular weight is 340 g/mol. The second-order valence-electron chi connectivity index (χ2n) is 6.13. The van der Waals surface area contributed by atoms with Crippen LogP contribution >= 0.6 is 0 Å². The molecule has 0 fully saturated rings. The number of nitrogens with one attached hydrogen (secondary N) is 2. The predicted octanol–water partition coefficient (Wildman–Crippen LogP) is 1.71. The standard InChI is InChI=1S/C16H21FN2O5/c1-16(2,3)24-15(23)19-12(14(21)22)8-9-5-6-10(11(17)7-9)13(20)18-4/h5-7,12H,8H2,1-4H3,(H,18,20)(H,19,23)(H,21,22). The number of carboxylic acid groups (broad SMARTS) is 1. The number of amides is 2. The minimum atomic E-state index is -1.29. The van der Waals surface area contributed by atoms with E-state index < -0.39 is 35.4 Å². The van der Waals surface area contributed by atoms with Gasteiger partial charge in [-0.05, 0) is 38.5 Å². The van der Waals surface area contributed by atoms with E-state index >= 15 is 0 Å². The number of hydrogen-bond acceptors (Lipinski definition) is 4. The number of halogens is 1. The maximum Gasteiger partial charge on any atom is 0.408 e. The Bertz CT molecular complexity index is 640. The Labute approximate surface area is 139 Å². The Morgan fingerprint density at radius 3 is 2.38 bits per heavy atom. The summed E-state index contributed by atoms with van der Waals surface area (Å²) in [6, 6.07) is 2.47. The zero-order valence-corrected chi connectivity index (χ0v) is 14.0. The summed E-state index contributed by atoms with van der Waals surface area (Å²) in [7, 11) is 1.38. The third-order valence-corrected chi connectivity index (χ3v) is 2.93. The number of rotatable bonds is 5. The number of carboxylic acids is 1. The summed E-state index contributed by atoms with van der Waals surface area (Å²) in [6.45, 7) is 4.94. The van der Waals surface area contributed by atoms with Gasteiger partial charge in [-0.25, -0.2) is 14.0 Å². The Morgan fingerprint density at radius 1 is 1.29 bits per heavy atom. The number of carbonyl (C=O) groups is 3. The van der Waals surface area contributed by atoms with Gasteiger partial charge in [0, 0.05) is 13.5 Å². The molecule has 0 bridgehead atoms. The van der Waals surface area contributed by atoms with Gasteiger partial charge in [0.1, 0.15) is 17.5 Å². The van der Waals surface area contributed by atoms with E-state index in [1.54, 1.807) is 20.8 Å². The van der Waals surface area contributed by atoms with Gasteiger partial charge in [0.2, 0.25) is 0 Å². The monoisotopic (exact) mass is 340 g/mol. The smallest absolute Gasteiger partial charge is 0.408 e. The minimum absolute atomic E-state index is 0.145. The quantitative estimate of drug-likeness (QED) is 0.757. The van der Waals surface area contributed by atoms with E-state index in [0.717, 1.165) is 6.07 Å². The van der Waals surface area contributed by atoms with Gasteiger partial charge in [0.05, 0.1) is 5.56 Å². The van der Waals surface area contributed by atoms with Crippen LogP contribution in [0.5, 0.6) is 0 Å². The van der Waals surface area contributed by atoms with Crippen molar-refractivity contribution in [3.63, 3.8) is 0 Å². The first kappa shape index (κ1) is 19.4. The summed E-state index contributed by atoms with van der Waals surface area (Å²) in [5.41, 5.74) is -0.592. The maximum absolute atomic E-state index is 13.9. The fourth-order valence-electron chi connectivity index (χ4n) is 1.89. The highest BCUT2D eigenvalue weighted by Gasteiger charge is 2.24. The van der Waals surface area contributed by atoms with Gasteiger partial charge in [0.25, 0.3) is 5.91 Å². The van der Waals surface area contributed by atoms with Crippen LogP contribution in [0.25, 0.3) is 0 Å². The van der Waals surface area contributed by atoms with E-state index in [-0.39, 0.29) is 12.0 Å². The van der Waals surface area contributed by atoms with Crippen molar-refractivity contribution in [2.45, 2.75) is 38.8 Å². The molecule has 1 unspecified atom stereocenters. The van der Waals surface area contributed by atoms with Crippen LogP contribution in [0.2, 0.25) is 0 Å². The molecule has 1 aromatic carbocycles. The molecule has 132 valence electrons. The predicted molar refractivity (Wildman–Crippen MR) is 84.3 cm³/mol. The van der Waals surface area contributed by atoms with Gasteiger partial charge in [-0.15, -0.1) is 0 Å². The molecule has 1 atom stereocenters. The maximum atomic E-state index is 13.9. The lowest BCUT2D eigenvalue weighted by molar-refractivity contribution is -0.139. The van der Waals surface area contributed by atoms with Gasteiger partial charge >= 0.3 is 12.1 Å². The van der Waals surface area contributed by atoms with Crippen LogP contribution < -0.4 is 10.6 Å². The lowest BCUT2D eigenvalue weighted by atomic mass is 10.0. The second kappa shape index (κ2) is 7.76. The SMILES string of the molecule is CNC(=O)c1ccc(CC(NC(=O)OC(C)(C)C)C(=O)O)cc1F. The molecule has 8 heteroatoms. The number of carbonyl (C=O) groups excluding carboxylic acids is 2. The van der Waals surface area contributed by atoms with E-state index in [1.807, 2.05) is 0 Å². The summed E-state index contributed by atoms with van der Waals surface area (Å²) >= 11 is 0. The zero-order chi connectivity index (χ0) is 18.5. The van der Waals surface area contributed by atoms with Gasteiger partial charge in [-0.1, -0.05) is 6.07 Å². The number of aliphatic carboxylic acids is 1. The van der Waals surface area contributed by atoms with Crippen LogP contribution in [0, 0.1) is 5.82 Å². The topological polar surface area (TPSA) is 105 Å². The first-order valence-electron chi connectivity index (χ1n) is 7.26. The number of alkyl carbamates (subject to hydrolysis) is 1. The van der Waals surface area contributed by atoms with Crippen molar-refractivity contribution in [2.24, 2.45) is 0 Å². The van der Waals surface area contributed by atoms with Crippen molar-refractivity contribution in [3.05, 3.63) is 35.1 Å². The van der Waals surface area contributed by atoms with Crippen LogP contribution in [0.3, 0.4) is 0 Å². The molecule has 0 heterocycles. The molecule has 0 radical (unpaired) electrons. The Hall–Kier alpha value is -2.64. The number of hydrogen-bond donors (Lipinski definition) is 3. The van der Waals surface area contributed by atoms with Crippen LogP contribution in [0.4, 0.5) is 9.18 Å². The highest BCUT2D eigenvalue weighted by atomic mass is 19.1. The van der Waals surface area contributed by atoms with Crippen LogP contribution in [-0.2, 0) is 16.0 Å². The summed E-state index contributed by atoms with van der Waals surface area (Å²) in [5.74, 6) is -2.63. The van der Waals surface area contributed by atoms with E-state index in [0.29, 0.717) is 5.56 Å². The Morgan fingerprint density at radius 2 is 1.92 bits per heavy atom. The molecule has 1 aromatic rings. The van der Waals surface area contributed by atoms with Crippen LogP contribution in [0.1, 0.15) is 36.7 Å². The second-order valence-corrected chi connectivity index (χ2v) is 6.13. The zero-order valence-electron chi connectivity index (χ0n) is 14.0. The summed E-state index contributed by atoms with van der Waals surface area (Å²) in [4.78, 5) is 34.4. The first-order valence-corrected chi connectivity index (χ1v) is 7.26. The van der Waals surface area contributed by atoms with Crippen LogP contribution in [0.15, 0.2) is 18.2 Å². The third-order valence-electron chi connectivity index (χ3n) is 2.93. The lowest BCUT2D eigenvalue weighted by Crippen LogP contribution is -2.44. The highest BCUT2D eigenvalue weighted by Crippen LogP contribution is 2.13. The van der Waals surface area contributed by atoms with E-state index in [1.165, 1.54) is 19.2 Å². The Kier molecular flexibility index (Phi) is 6.27. The van der Waals surface area contributed by atoms with Crippen molar-refractivity contribution >= 4 is 18.0 Å². The molecule has 0 aliphatic rings. The molecule has 3 N–H and O–H groups in total. The molecule has 1 rings (SSSR count). The molecule has 0 saturated carbocycles. The average Bonchev–Trinajstić information content (AvgIpc) is 2.43. The Balaban J connectivity index is 2.86. The molecule has 2 amide bonds. The van der Waals surface area contributed by atoms with Crippen molar-refractivity contribution < 1.29 is 28.6 Å². The van der Waals surface area contributed by atoms with Crippen molar-refractivity contribution in [2.75, 3.05) is 7.05 Å². The molecular weight excluding hydrogens is 319 g/mol.